The molecule has 172 valence electrons. The van der Waals surface area contributed by atoms with Gasteiger partial charge in [0.15, 0.2) is 0 Å². The topological polar surface area (TPSA) is 87.9 Å². The van der Waals surface area contributed by atoms with E-state index in [1.807, 2.05) is 16.2 Å². The monoisotopic (exact) mass is 448 g/mol. The Morgan fingerprint density at radius 3 is 2.77 bits per heavy atom. The van der Waals surface area contributed by atoms with Gasteiger partial charge in [-0.15, -0.1) is 11.3 Å². The Kier molecular flexibility index (Phi) is 7.63. The van der Waals surface area contributed by atoms with E-state index in [0.29, 0.717) is 26.1 Å². The van der Waals surface area contributed by atoms with Gasteiger partial charge in [-0.3, -0.25) is 14.5 Å². The SMILES string of the molecule is Cc1ccc(CN(CC2CCCO2)C2CCN(C(=O)C3CC3)[C@@H](C(=O)NCCN)C2)s1. The highest BCUT2D eigenvalue weighted by Gasteiger charge is 2.43. The lowest BCUT2D eigenvalue weighted by molar-refractivity contribution is -0.145. The van der Waals surface area contributed by atoms with E-state index in [1.54, 1.807) is 0 Å². The van der Waals surface area contributed by atoms with E-state index in [4.69, 9.17) is 10.5 Å². The van der Waals surface area contributed by atoms with Crippen molar-refractivity contribution in [3.05, 3.63) is 21.9 Å². The Labute approximate surface area is 189 Å². The molecule has 31 heavy (non-hydrogen) atoms. The summed E-state index contributed by atoms with van der Waals surface area (Å²) in [5, 5.41) is 2.93. The van der Waals surface area contributed by atoms with Gasteiger partial charge in [0.05, 0.1) is 6.10 Å². The highest BCUT2D eigenvalue weighted by Crippen LogP contribution is 2.34. The van der Waals surface area contributed by atoms with Gasteiger partial charge in [0.1, 0.15) is 6.04 Å². The number of likely N-dealkylation sites (tertiary alicyclic amines) is 1. The molecule has 3 atom stereocenters. The third-order valence-corrected chi connectivity index (χ3v) is 7.65. The highest BCUT2D eigenvalue weighted by atomic mass is 32.1. The molecular weight excluding hydrogens is 412 g/mol. The molecule has 2 saturated heterocycles. The Morgan fingerprint density at radius 1 is 1.29 bits per heavy atom. The van der Waals surface area contributed by atoms with Gasteiger partial charge in [-0.2, -0.15) is 0 Å². The normalized spacial score (nSPS) is 26.4. The molecule has 1 aromatic rings. The van der Waals surface area contributed by atoms with E-state index in [-0.39, 0.29) is 29.9 Å². The fourth-order valence-corrected chi connectivity index (χ4v) is 5.75. The Morgan fingerprint density at radius 2 is 2.13 bits per heavy atom. The van der Waals surface area contributed by atoms with E-state index in [2.05, 4.69) is 29.3 Å². The van der Waals surface area contributed by atoms with Gasteiger partial charge in [0, 0.05) is 61.0 Å². The van der Waals surface area contributed by atoms with Crippen molar-refractivity contribution in [2.75, 3.05) is 32.8 Å². The lowest BCUT2D eigenvalue weighted by Crippen LogP contribution is -2.58. The second kappa shape index (κ2) is 10.4. The van der Waals surface area contributed by atoms with Gasteiger partial charge in [-0.05, 0) is 57.6 Å². The van der Waals surface area contributed by atoms with Gasteiger partial charge in [0.25, 0.3) is 0 Å². The van der Waals surface area contributed by atoms with Crippen LogP contribution in [-0.4, -0.2) is 72.6 Å². The van der Waals surface area contributed by atoms with Crippen LogP contribution in [0.4, 0.5) is 0 Å². The van der Waals surface area contributed by atoms with Gasteiger partial charge in [-0.1, -0.05) is 0 Å². The first-order chi connectivity index (χ1) is 15.0. The van der Waals surface area contributed by atoms with Crippen molar-refractivity contribution in [3.8, 4) is 0 Å². The number of hydrogen-bond acceptors (Lipinski definition) is 6. The third kappa shape index (κ3) is 5.86. The summed E-state index contributed by atoms with van der Waals surface area (Å²) in [6.45, 7) is 6.23. The van der Waals surface area contributed by atoms with Crippen LogP contribution in [-0.2, 0) is 20.9 Å². The number of thiophene rings is 1. The van der Waals surface area contributed by atoms with Crippen molar-refractivity contribution in [1.29, 1.82) is 0 Å². The average molecular weight is 449 g/mol. The largest absolute Gasteiger partial charge is 0.377 e. The van der Waals surface area contributed by atoms with Crippen molar-refractivity contribution in [1.82, 2.24) is 15.1 Å². The lowest BCUT2D eigenvalue weighted by atomic mass is 9.93. The number of carbonyl (C=O) groups excluding carboxylic acids is 2. The molecule has 1 saturated carbocycles. The first-order valence-electron chi connectivity index (χ1n) is 11.7. The van der Waals surface area contributed by atoms with Crippen molar-refractivity contribution < 1.29 is 14.3 Å². The summed E-state index contributed by atoms with van der Waals surface area (Å²) in [6, 6.07) is 4.23. The molecule has 2 unspecified atom stereocenters. The highest BCUT2D eigenvalue weighted by molar-refractivity contribution is 7.11. The number of nitrogens with two attached hydrogens (primary N) is 1. The fourth-order valence-electron chi connectivity index (χ4n) is 4.83. The molecular formula is C23H36N4O3S. The Balaban J connectivity index is 1.49. The first kappa shape index (κ1) is 22.7. The third-order valence-electron chi connectivity index (χ3n) is 6.66. The van der Waals surface area contributed by atoms with E-state index < -0.39 is 6.04 Å². The maximum Gasteiger partial charge on any atom is 0.242 e. The van der Waals surface area contributed by atoms with Crippen molar-refractivity contribution in [3.63, 3.8) is 0 Å². The van der Waals surface area contributed by atoms with Crippen LogP contribution in [0.3, 0.4) is 0 Å². The minimum Gasteiger partial charge on any atom is -0.377 e. The average Bonchev–Trinajstić information content (AvgIpc) is 3.35. The first-order valence-corrected chi connectivity index (χ1v) is 12.6. The molecule has 0 aromatic carbocycles. The Hall–Kier alpha value is -1.48. The maximum absolute atomic E-state index is 13.0. The van der Waals surface area contributed by atoms with Crippen molar-refractivity contribution in [2.24, 2.45) is 11.7 Å². The molecule has 8 heteroatoms. The molecule has 3 N–H and O–H groups in total. The quantitative estimate of drug-likeness (QED) is 0.602. The summed E-state index contributed by atoms with van der Waals surface area (Å²) in [6.07, 6.45) is 5.96. The summed E-state index contributed by atoms with van der Waals surface area (Å²) in [5.41, 5.74) is 5.60. The zero-order chi connectivity index (χ0) is 21.8. The number of ether oxygens (including phenoxy) is 1. The maximum atomic E-state index is 13.0. The van der Waals surface area contributed by atoms with E-state index in [9.17, 15) is 9.59 Å². The van der Waals surface area contributed by atoms with Crippen LogP contribution < -0.4 is 11.1 Å². The molecule has 0 spiro atoms. The van der Waals surface area contributed by atoms with Gasteiger partial charge in [-0.25, -0.2) is 0 Å². The number of carbonyl (C=O) groups is 2. The van der Waals surface area contributed by atoms with Crippen molar-refractivity contribution in [2.45, 2.75) is 70.2 Å². The zero-order valence-electron chi connectivity index (χ0n) is 18.6. The molecule has 1 aromatic heterocycles. The van der Waals surface area contributed by atoms with E-state index in [0.717, 1.165) is 51.8 Å². The van der Waals surface area contributed by atoms with E-state index >= 15 is 0 Å². The minimum absolute atomic E-state index is 0.0619. The molecule has 7 nitrogen and oxygen atoms in total. The zero-order valence-corrected chi connectivity index (χ0v) is 19.4. The van der Waals surface area contributed by atoms with Crippen molar-refractivity contribution >= 4 is 23.2 Å². The van der Waals surface area contributed by atoms with E-state index in [1.165, 1.54) is 9.75 Å². The van der Waals surface area contributed by atoms with Gasteiger partial charge in [0.2, 0.25) is 11.8 Å². The predicted molar refractivity (Wildman–Crippen MR) is 122 cm³/mol. The number of nitrogens with zero attached hydrogens (tertiary/aromatic N) is 2. The summed E-state index contributed by atoms with van der Waals surface area (Å²) in [7, 11) is 0. The lowest BCUT2D eigenvalue weighted by Gasteiger charge is -2.43. The number of aryl methyl sites for hydroxylation is 1. The smallest absolute Gasteiger partial charge is 0.242 e. The summed E-state index contributed by atoms with van der Waals surface area (Å²) >= 11 is 1.83. The molecule has 2 aliphatic heterocycles. The van der Waals surface area contributed by atoms with Crippen LogP contribution in [0.5, 0.6) is 0 Å². The fraction of sp³-hybridized carbons (Fsp3) is 0.739. The molecule has 3 aliphatic rings. The second-order valence-electron chi connectivity index (χ2n) is 9.16. The number of piperidine rings is 1. The van der Waals surface area contributed by atoms with Crippen LogP contribution in [0, 0.1) is 12.8 Å². The molecule has 0 radical (unpaired) electrons. The number of hydrogen-bond donors (Lipinski definition) is 2. The van der Waals surface area contributed by atoms with Gasteiger partial charge >= 0.3 is 0 Å². The molecule has 3 heterocycles. The molecule has 1 aliphatic carbocycles. The molecule has 4 rings (SSSR count). The second-order valence-corrected chi connectivity index (χ2v) is 10.5. The van der Waals surface area contributed by atoms with Gasteiger partial charge < -0.3 is 20.7 Å². The van der Waals surface area contributed by atoms with Crippen LogP contribution in [0.15, 0.2) is 12.1 Å². The predicted octanol–water partition coefficient (Wildman–Crippen LogP) is 1.88. The van der Waals surface area contributed by atoms with Crippen LogP contribution in [0.25, 0.3) is 0 Å². The Bertz CT molecular complexity index is 760. The van der Waals surface area contributed by atoms with Crippen LogP contribution in [0.1, 0.15) is 48.3 Å². The number of rotatable bonds is 9. The minimum atomic E-state index is -0.407. The molecule has 2 amide bonds. The van der Waals surface area contributed by atoms with Crippen LogP contribution in [0.2, 0.25) is 0 Å². The number of nitrogens with one attached hydrogen (secondary N) is 1. The summed E-state index contributed by atoms with van der Waals surface area (Å²) in [4.78, 5) is 32.9. The number of amides is 2. The summed E-state index contributed by atoms with van der Waals surface area (Å²) in [5.74, 6) is 0.220. The van der Waals surface area contributed by atoms with Crippen LogP contribution >= 0.6 is 11.3 Å². The molecule has 3 fully saturated rings. The summed E-state index contributed by atoms with van der Waals surface area (Å²) < 4.78 is 5.95. The molecule has 0 bridgehead atoms. The standard InChI is InChI=1S/C23H36N4O3S/c1-16-4-7-20(31-16)15-26(14-19-3-2-12-30-19)18-8-11-27(23(29)17-5-6-17)21(13-18)22(28)25-10-9-24/h4,7,17-19,21H,2-3,5-6,8-15,24H2,1H3,(H,25,28)/t18?,19?,21-/m1/s1.